The number of furan rings is 1. The van der Waals surface area contributed by atoms with Crippen molar-refractivity contribution in [3.8, 4) is 11.1 Å². The van der Waals surface area contributed by atoms with Gasteiger partial charge in [0.05, 0.1) is 0 Å². The molecule has 122 valence electrons. The van der Waals surface area contributed by atoms with Crippen LogP contribution in [0.25, 0.3) is 28.2 Å². The first-order valence-corrected chi connectivity index (χ1v) is 7.96. The van der Waals surface area contributed by atoms with Crippen molar-refractivity contribution in [3.63, 3.8) is 0 Å². The summed E-state index contributed by atoms with van der Waals surface area (Å²) in [6.45, 7) is 5.96. The summed E-state index contributed by atoms with van der Waals surface area (Å²) in [6.07, 6.45) is 3.79. The minimum absolute atomic E-state index is 0.237. The number of para-hydroxylation sites is 1. The van der Waals surface area contributed by atoms with Crippen LogP contribution in [0.1, 0.15) is 36.7 Å². The lowest BCUT2D eigenvalue weighted by molar-refractivity contribution is -0.104. The van der Waals surface area contributed by atoms with Crippen LogP contribution in [-0.4, -0.2) is 6.29 Å². The van der Waals surface area contributed by atoms with E-state index in [-0.39, 0.29) is 5.82 Å². The molecular formula is C21H19FO2. The second-order valence-electron chi connectivity index (χ2n) is 6.18. The molecule has 2 nitrogen and oxygen atoms in total. The second-order valence-corrected chi connectivity index (χ2v) is 6.18. The minimum atomic E-state index is -0.237. The molecule has 0 unspecified atom stereocenters. The molecule has 3 rings (SSSR count). The zero-order valence-corrected chi connectivity index (χ0v) is 14.0. The Morgan fingerprint density at radius 2 is 1.96 bits per heavy atom. The number of benzene rings is 2. The number of carbonyl (C=O) groups is 1. The van der Waals surface area contributed by atoms with Crippen molar-refractivity contribution < 1.29 is 13.6 Å². The van der Waals surface area contributed by atoms with Crippen LogP contribution in [-0.2, 0) is 4.79 Å². The quantitative estimate of drug-likeness (QED) is 0.443. The number of fused-ring (bicyclic) bond motifs is 1. The topological polar surface area (TPSA) is 30.2 Å². The Bertz CT molecular complexity index is 932. The summed E-state index contributed by atoms with van der Waals surface area (Å²) in [5.74, 6) is 0.682. The zero-order chi connectivity index (χ0) is 17.3. The molecule has 24 heavy (non-hydrogen) atoms. The fourth-order valence-electron chi connectivity index (χ4n) is 2.96. The van der Waals surface area contributed by atoms with Gasteiger partial charge in [0.15, 0.2) is 0 Å². The lowest BCUT2D eigenvalue weighted by Gasteiger charge is -2.06. The standard InChI is InChI=1S/C21H19FO2/c1-13(2)16-6-4-7-17-20(15-9-10-18(22)14(3)12-15)19(8-5-11-23)24-21(16)17/h4-13H,1-3H3/b8-5+. The van der Waals surface area contributed by atoms with Crippen molar-refractivity contribution in [2.24, 2.45) is 0 Å². The Labute approximate surface area is 140 Å². The molecule has 0 bridgehead atoms. The average molecular weight is 322 g/mol. The molecule has 0 fully saturated rings. The highest BCUT2D eigenvalue weighted by Crippen LogP contribution is 2.39. The first-order valence-electron chi connectivity index (χ1n) is 7.96. The van der Waals surface area contributed by atoms with Crippen molar-refractivity contribution in [1.29, 1.82) is 0 Å². The lowest BCUT2D eigenvalue weighted by Crippen LogP contribution is -1.87. The Morgan fingerprint density at radius 3 is 2.62 bits per heavy atom. The Hall–Kier alpha value is -2.68. The molecule has 0 spiro atoms. The van der Waals surface area contributed by atoms with Crippen LogP contribution >= 0.6 is 0 Å². The van der Waals surface area contributed by atoms with Crippen molar-refractivity contribution in [2.75, 3.05) is 0 Å². The summed E-state index contributed by atoms with van der Waals surface area (Å²) in [5.41, 5.74) is 4.26. The predicted molar refractivity (Wildman–Crippen MR) is 95.5 cm³/mol. The van der Waals surface area contributed by atoms with Crippen LogP contribution < -0.4 is 0 Å². The molecule has 0 N–H and O–H groups in total. The third-order valence-electron chi connectivity index (χ3n) is 4.17. The first-order chi connectivity index (χ1) is 11.5. The molecule has 1 aromatic heterocycles. The number of allylic oxidation sites excluding steroid dienone is 1. The van der Waals surface area contributed by atoms with Gasteiger partial charge in [0, 0.05) is 10.9 Å². The van der Waals surface area contributed by atoms with E-state index in [1.54, 1.807) is 25.1 Å². The van der Waals surface area contributed by atoms with E-state index < -0.39 is 0 Å². The molecule has 0 amide bonds. The van der Waals surface area contributed by atoms with Gasteiger partial charge in [-0.05, 0) is 53.8 Å². The summed E-state index contributed by atoms with van der Waals surface area (Å²) >= 11 is 0. The summed E-state index contributed by atoms with van der Waals surface area (Å²) in [7, 11) is 0. The number of rotatable bonds is 4. The van der Waals surface area contributed by atoms with Gasteiger partial charge in [0.1, 0.15) is 23.4 Å². The molecule has 0 atom stereocenters. The smallest absolute Gasteiger partial charge is 0.142 e. The number of aryl methyl sites for hydroxylation is 1. The first kappa shape index (κ1) is 16.2. The molecule has 0 radical (unpaired) electrons. The van der Waals surface area contributed by atoms with E-state index in [4.69, 9.17) is 4.42 Å². The summed E-state index contributed by atoms with van der Waals surface area (Å²) in [6, 6.07) is 11.1. The van der Waals surface area contributed by atoms with Crippen molar-refractivity contribution in [3.05, 3.63) is 65.2 Å². The maximum atomic E-state index is 13.6. The maximum absolute atomic E-state index is 13.6. The molecule has 0 aliphatic rings. The number of hydrogen-bond acceptors (Lipinski definition) is 2. The van der Waals surface area contributed by atoms with E-state index in [1.165, 1.54) is 12.1 Å². The molecule has 3 aromatic rings. The van der Waals surface area contributed by atoms with E-state index in [0.29, 0.717) is 17.2 Å². The third kappa shape index (κ3) is 2.78. The van der Waals surface area contributed by atoms with Gasteiger partial charge >= 0.3 is 0 Å². The largest absolute Gasteiger partial charge is 0.456 e. The Kier molecular flexibility index (Phi) is 4.34. The Balaban J connectivity index is 2.35. The van der Waals surface area contributed by atoms with Crippen LogP contribution in [0.5, 0.6) is 0 Å². The van der Waals surface area contributed by atoms with Gasteiger partial charge in [-0.25, -0.2) is 4.39 Å². The predicted octanol–water partition coefficient (Wildman–Crippen LogP) is 5.88. The molecule has 1 heterocycles. The van der Waals surface area contributed by atoms with Gasteiger partial charge in [-0.3, -0.25) is 4.79 Å². The highest BCUT2D eigenvalue weighted by Gasteiger charge is 2.18. The second kappa shape index (κ2) is 6.44. The third-order valence-corrected chi connectivity index (χ3v) is 4.17. The molecule has 0 saturated carbocycles. The van der Waals surface area contributed by atoms with Crippen LogP contribution in [0.2, 0.25) is 0 Å². The minimum Gasteiger partial charge on any atom is -0.456 e. The fraction of sp³-hybridized carbons (Fsp3) is 0.190. The van der Waals surface area contributed by atoms with Crippen LogP contribution in [0.15, 0.2) is 46.9 Å². The SMILES string of the molecule is Cc1cc(-c2c(/C=C/C=O)oc3c(C(C)C)cccc23)ccc1F. The van der Waals surface area contributed by atoms with E-state index in [0.717, 1.165) is 33.9 Å². The van der Waals surface area contributed by atoms with E-state index in [9.17, 15) is 9.18 Å². The van der Waals surface area contributed by atoms with E-state index in [1.807, 2.05) is 18.2 Å². The zero-order valence-electron chi connectivity index (χ0n) is 14.0. The lowest BCUT2D eigenvalue weighted by atomic mass is 9.96. The molecule has 0 saturated heterocycles. The van der Waals surface area contributed by atoms with E-state index in [2.05, 4.69) is 13.8 Å². The van der Waals surface area contributed by atoms with Gasteiger partial charge in [0.25, 0.3) is 0 Å². The molecule has 0 aliphatic heterocycles. The highest BCUT2D eigenvalue weighted by atomic mass is 19.1. The van der Waals surface area contributed by atoms with Crippen LogP contribution in [0.3, 0.4) is 0 Å². The number of carbonyl (C=O) groups excluding carboxylic acids is 1. The highest BCUT2D eigenvalue weighted by molar-refractivity contribution is 6.00. The van der Waals surface area contributed by atoms with Crippen LogP contribution in [0, 0.1) is 12.7 Å². The monoisotopic (exact) mass is 322 g/mol. The van der Waals surface area contributed by atoms with Crippen molar-refractivity contribution in [1.82, 2.24) is 0 Å². The van der Waals surface area contributed by atoms with Crippen molar-refractivity contribution >= 4 is 23.3 Å². The Morgan fingerprint density at radius 1 is 1.17 bits per heavy atom. The van der Waals surface area contributed by atoms with Crippen LogP contribution in [0.4, 0.5) is 4.39 Å². The van der Waals surface area contributed by atoms with E-state index >= 15 is 0 Å². The number of aldehydes is 1. The molecule has 3 heteroatoms. The van der Waals surface area contributed by atoms with Gasteiger partial charge < -0.3 is 4.42 Å². The maximum Gasteiger partial charge on any atom is 0.142 e. The average Bonchev–Trinajstić information content (AvgIpc) is 2.93. The molecule has 0 aliphatic carbocycles. The normalized spacial score (nSPS) is 11.7. The van der Waals surface area contributed by atoms with Gasteiger partial charge in [-0.1, -0.05) is 38.1 Å². The summed E-state index contributed by atoms with van der Waals surface area (Å²) in [5, 5.41) is 0.970. The molecule has 2 aromatic carbocycles. The van der Waals surface area contributed by atoms with Crippen molar-refractivity contribution in [2.45, 2.75) is 26.7 Å². The fourth-order valence-corrected chi connectivity index (χ4v) is 2.96. The molecular weight excluding hydrogens is 303 g/mol. The summed E-state index contributed by atoms with van der Waals surface area (Å²) in [4.78, 5) is 10.7. The number of hydrogen-bond donors (Lipinski definition) is 0. The summed E-state index contributed by atoms with van der Waals surface area (Å²) < 4.78 is 19.7. The van der Waals surface area contributed by atoms with Gasteiger partial charge in [-0.15, -0.1) is 0 Å². The number of halogens is 1. The van der Waals surface area contributed by atoms with Gasteiger partial charge in [-0.2, -0.15) is 0 Å². The van der Waals surface area contributed by atoms with Gasteiger partial charge in [0.2, 0.25) is 0 Å².